The van der Waals surface area contributed by atoms with E-state index in [4.69, 9.17) is 5.11 Å². The SMILES string of the molecule is O=C(O)C1CCC(=O)N1CCc1ccncc1. The standard InChI is InChI=1S/C12H14N2O3/c15-11-2-1-10(12(16)17)14(11)8-5-9-3-6-13-7-4-9/h3-4,6-7,10H,1-2,5,8H2,(H,16,17). The number of carbonyl (C=O) groups is 2. The first-order chi connectivity index (χ1) is 8.18. The molecule has 1 atom stereocenters. The molecule has 0 radical (unpaired) electrons. The van der Waals surface area contributed by atoms with E-state index in [9.17, 15) is 9.59 Å². The minimum Gasteiger partial charge on any atom is -0.480 e. The molecule has 1 aromatic heterocycles. The Hall–Kier alpha value is -1.91. The molecule has 17 heavy (non-hydrogen) atoms. The molecular weight excluding hydrogens is 220 g/mol. The molecule has 1 aliphatic rings. The maximum Gasteiger partial charge on any atom is 0.326 e. The molecule has 1 unspecified atom stereocenters. The van der Waals surface area contributed by atoms with Crippen LogP contribution < -0.4 is 0 Å². The van der Waals surface area contributed by atoms with E-state index in [1.807, 2.05) is 12.1 Å². The number of nitrogens with zero attached hydrogens (tertiary/aromatic N) is 2. The predicted molar refractivity (Wildman–Crippen MR) is 60.3 cm³/mol. The molecule has 5 heteroatoms. The highest BCUT2D eigenvalue weighted by Crippen LogP contribution is 2.19. The van der Waals surface area contributed by atoms with E-state index in [-0.39, 0.29) is 5.91 Å². The summed E-state index contributed by atoms with van der Waals surface area (Å²) in [5, 5.41) is 8.99. The van der Waals surface area contributed by atoms with Gasteiger partial charge in [0, 0.05) is 25.4 Å². The Morgan fingerprint density at radius 3 is 2.82 bits per heavy atom. The van der Waals surface area contributed by atoms with Crippen LogP contribution in [0.1, 0.15) is 18.4 Å². The van der Waals surface area contributed by atoms with Crippen molar-refractivity contribution in [3.63, 3.8) is 0 Å². The van der Waals surface area contributed by atoms with Gasteiger partial charge in [-0.3, -0.25) is 9.78 Å². The van der Waals surface area contributed by atoms with Crippen molar-refractivity contribution in [2.45, 2.75) is 25.3 Å². The topological polar surface area (TPSA) is 70.5 Å². The number of hydrogen-bond acceptors (Lipinski definition) is 3. The van der Waals surface area contributed by atoms with Crippen LogP contribution in [0.5, 0.6) is 0 Å². The molecule has 0 saturated carbocycles. The molecule has 0 bridgehead atoms. The van der Waals surface area contributed by atoms with Crippen LogP contribution in [-0.2, 0) is 16.0 Å². The number of hydrogen-bond donors (Lipinski definition) is 1. The number of amides is 1. The molecule has 1 aliphatic heterocycles. The average Bonchev–Trinajstić information content (AvgIpc) is 2.69. The number of carboxylic acid groups (broad SMARTS) is 1. The van der Waals surface area contributed by atoms with Crippen molar-refractivity contribution in [3.05, 3.63) is 30.1 Å². The molecule has 1 aromatic rings. The molecular formula is C12H14N2O3. The lowest BCUT2D eigenvalue weighted by Crippen LogP contribution is -2.39. The number of likely N-dealkylation sites (tertiary alicyclic amines) is 1. The fourth-order valence-electron chi connectivity index (χ4n) is 2.07. The van der Waals surface area contributed by atoms with Crippen molar-refractivity contribution in [1.82, 2.24) is 9.88 Å². The van der Waals surface area contributed by atoms with Crippen molar-refractivity contribution < 1.29 is 14.7 Å². The Morgan fingerprint density at radius 1 is 1.47 bits per heavy atom. The third kappa shape index (κ3) is 2.61. The van der Waals surface area contributed by atoms with Gasteiger partial charge in [-0.15, -0.1) is 0 Å². The minimum atomic E-state index is -0.912. The van der Waals surface area contributed by atoms with Gasteiger partial charge in [-0.05, 0) is 30.5 Å². The molecule has 1 amide bonds. The van der Waals surface area contributed by atoms with E-state index in [1.54, 1.807) is 12.4 Å². The molecule has 1 saturated heterocycles. The van der Waals surface area contributed by atoms with Gasteiger partial charge in [0.2, 0.25) is 5.91 Å². The third-order valence-corrected chi connectivity index (χ3v) is 3.00. The summed E-state index contributed by atoms with van der Waals surface area (Å²) in [5.41, 5.74) is 1.06. The second-order valence-electron chi connectivity index (χ2n) is 4.09. The summed E-state index contributed by atoms with van der Waals surface area (Å²) < 4.78 is 0. The fourth-order valence-corrected chi connectivity index (χ4v) is 2.07. The Labute approximate surface area is 99.1 Å². The Kier molecular flexibility index (Phi) is 3.37. The highest BCUT2D eigenvalue weighted by Gasteiger charge is 2.35. The highest BCUT2D eigenvalue weighted by molar-refractivity contribution is 5.87. The lowest BCUT2D eigenvalue weighted by atomic mass is 10.2. The van der Waals surface area contributed by atoms with Gasteiger partial charge < -0.3 is 10.0 Å². The summed E-state index contributed by atoms with van der Waals surface area (Å²) >= 11 is 0. The third-order valence-electron chi connectivity index (χ3n) is 3.00. The minimum absolute atomic E-state index is 0.0635. The number of rotatable bonds is 4. The summed E-state index contributed by atoms with van der Waals surface area (Å²) in [6, 6.07) is 3.09. The zero-order chi connectivity index (χ0) is 12.3. The average molecular weight is 234 g/mol. The second kappa shape index (κ2) is 4.95. The summed E-state index contributed by atoms with van der Waals surface area (Å²) in [7, 11) is 0. The van der Waals surface area contributed by atoms with Crippen molar-refractivity contribution in [2.75, 3.05) is 6.54 Å². The summed E-state index contributed by atoms with van der Waals surface area (Å²) in [5.74, 6) is -0.975. The van der Waals surface area contributed by atoms with Crippen molar-refractivity contribution in [3.8, 4) is 0 Å². The Balaban J connectivity index is 1.98. The zero-order valence-corrected chi connectivity index (χ0v) is 9.37. The molecule has 0 aromatic carbocycles. The van der Waals surface area contributed by atoms with Crippen LogP contribution >= 0.6 is 0 Å². The first-order valence-corrected chi connectivity index (χ1v) is 5.59. The number of aromatic nitrogens is 1. The van der Waals surface area contributed by atoms with E-state index in [1.165, 1.54) is 4.90 Å². The van der Waals surface area contributed by atoms with Crippen LogP contribution in [0.4, 0.5) is 0 Å². The van der Waals surface area contributed by atoms with Gasteiger partial charge in [-0.1, -0.05) is 0 Å². The first kappa shape index (κ1) is 11.6. The molecule has 0 aliphatic carbocycles. The Morgan fingerprint density at radius 2 is 2.18 bits per heavy atom. The van der Waals surface area contributed by atoms with Crippen LogP contribution in [0.25, 0.3) is 0 Å². The number of carbonyl (C=O) groups excluding carboxylic acids is 1. The van der Waals surface area contributed by atoms with Crippen LogP contribution in [0.15, 0.2) is 24.5 Å². The van der Waals surface area contributed by atoms with Gasteiger partial charge in [0.1, 0.15) is 6.04 Å². The highest BCUT2D eigenvalue weighted by atomic mass is 16.4. The van der Waals surface area contributed by atoms with Crippen LogP contribution in [0, 0.1) is 0 Å². The van der Waals surface area contributed by atoms with Gasteiger partial charge in [0.15, 0.2) is 0 Å². The molecule has 0 spiro atoms. The molecule has 2 rings (SSSR count). The summed E-state index contributed by atoms with van der Waals surface area (Å²) in [6.07, 6.45) is 4.81. The van der Waals surface area contributed by atoms with E-state index in [0.717, 1.165) is 5.56 Å². The number of pyridine rings is 1. The van der Waals surface area contributed by atoms with Crippen LogP contribution in [0.2, 0.25) is 0 Å². The predicted octanol–water partition coefficient (Wildman–Crippen LogP) is 0.700. The molecule has 90 valence electrons. The normalized spacial score (nSPS) is 19.6. The van der Waals surface area contributed by atoms with E-state index in [0.29, 0.717) is 25.8 Å². The Bertz CT molecular complexity index is 419. The van der Waals surface area contributed by atoms with Crippen LogP contribution in [-0.4, -0.2) is 39.5 Å². The van der Waals surface area contributed by atoms with Crippen LogP contribution in [0.3, 0.4) is 0 Å². The van der Waals surface area contributed by atoms with E-state index in [2.05, 4.69) is 4.98 Å². The van der Waals surface area contributed by atoms with E-state index < -0.39 is 12.0 Å². The maximum atomic E-state index is 11.6. The lowest BCUT2D eigenvalue weighted by molar-refractivity contribution is -0.146. The molecule has 5 nitrogen and oxygen atoms in total. The largest absolute Gasteiger partial charge is 0.480 e. The molecule has 1 N–H and O–H groups in total. The van der Waals surface area contributed by atoms with Gasteiger partial charge in [0.05, 0.1) is 0 Å². The molecule has 2 heterocycles. The van der Waals surface area contributed by atoms with Gasteiger partial charge in [-0.25, -0.2) is 4.79 Å². The smallest absolute Gasteiger partial charge is 0.326 e. The monoisotopic (exact) mass is 234 g/mol. The van der Waals surface area contributed by atoms with Gasteiger partial charge >= 0.3 is 5.97 Å². The lowest BCUT2D eigenvalue weighted by Gasteiger charge is -2.21. The fraction of sp³-hybridized carbons (Fsp3) is 0.417. The van der Waals surface area contributed by atoms with Crippen molar-refractivity contribution in [2.24, 2.45) is 0 Å². The number of carboxylic acids is 1. The van der Waals surface area contributed by atoms with Gasteiger partial charge in [-0.2, -0.15) is 0 Å². The maximum absolute atomic E-state index is 11.6. The zero-order valence-electron chi connectivity index (χ0n) is 9.37. The molecule has 1 fully saturated rings. The van der Waals surface area contributed by atoms with Crippen molar-refractivity contribution >= 4 is 11.9 Å². The first-order valence-electron chi connectivity index (χ1n) is 5.59. The summed E-state index contributed by atoms with van der Waals surface area (Å²) in [6.45, 7) is 0.458. The van der Waals surface area contributed by atoms with Crippen molar-refractivity contribution in [1.29, 1.82) is 0 Å². The quantitative estimate of drug-likeness (QED) is 0.832. The number of aliphatic carboxylic acids is 1. The van der Waals surface area contributed by atoms with Gasteiger partial charge in [0.25, 0.3) is 0 Å². The second-order valence-corrected chi connectivity index (χ2v) is 4.09. The summed E-state index contributed by atoms with van der Waals surface area (Å²) in [4.78, 5) is 27.9. The van der Waals surface area contributed by atoms with E-state index >= 15 is 0 Å².